The van der Waals surface area contributed by atoms with Gasteiger partial charge in [0, 0.05) is 24.0 Å². The third-order valence-corrected chi connectivity index (χ3v) is 4.66. The predicted octanol–water partition coefficient (Wildman–Crippen LogP) is 1.92. The minimum atomic E-state index is -0.900. The molecular formula is C15H17ClN2O2. The highest BCUT2D eigenvalue weighted by molar-refractivity contribution is 6.30. The molecule has 2 amide bonds. The third kappa shape index (κ3) is 2.18. The van der Waals surface area contributed by atoms with Crippen LogP contribution in [0.1, 0.15) is 30.7 Å². The summed E-state index contributed by atoms with van der Waals surface area (Å²) in [6.07, 6.45) is 2.10. The van der Waals surface area contributed by atoms with E-state index in [-0.39, 0.29) is 5.91 Å². The Balaban J connectivity index is 1.71. The zero-order valence-corrected chi connectivity index (χ0v) is 11.9. The van der Waals surface area contributed by atoms with Gasteiger partial charge in [0.2, 0.25) is 11.8 Å². The fraction of sp³-hybridized carbons (Fsp3) is 0.467. The topological polar surface area (TPSA) is 63.4 Å². The Morgan fingerprint density at radius 1 is 1.35 bits per heavy atom. The molecule has 5 heteroatoms. The summed E-state index contributed by atoms with van der Waals surface area (Å²) in [5.41, 5.74) is 5.61. The lowest BCUT2D eigenvalue weighted by atomic mass is 9.98. The first-order chi connectivity index (χ1) is 9.53. The van der Waals surface area contributed by atoms with E-state index < -0.39 is 11.3 Å². The summed E-state index contributed by atoms with van der Waals surface area (Å²) in [6.45, 7) is 1.33. The fourth-order valence-electron chi connectivity index (χ4n) is 2.97. The number of rotatable bonds is 3. The molecule has 20 heavy (non-hydrogen) atoms. The van der Waals surface area contributed by atoms with Crippen molar-refractivity contribution in [3.63, 3.8) is 0 Å². The van der Waals surface area contributed by atoms with E-state index in [1.54, 1.807) is 4.90 Å². The monoisotopic (exact) mass is 292 g/mol. The summed E-state index contributed by atoms with van der Waals surface area (Å²) in [5.74, 6) is -0.274. The van der Waals surface area contributed by atoms with Gasteiger partial charge in [-0.15, -0.1) is 0 Å². The second-order valence-corrected chi connectivity index (χ2v) is 6.17. The quantitative estimate of drug-likeness (QED) is 0.865. The van der Waals surface area contributed by atoms with Crippen LogP contribution in [0.25, 0.3) is 0 Å². The molecule has 0 aromatic heterocycles. The minimum Gasteiger partial charge on any atom is -0.369 e. The van der Waals surface area contributed by atoms with Gasteiger partial charge in [0.25, 0.3) is 0 Å². The molecule has 4 nitrogen and oxygen atoms in total. The van der Waals surface area contributed by atoms with Crippen molar-refractivity contribution in [3.05, 3.63) is 34.9 Å². The molecule has 1 aromatic rings. The van der Waals surface area contributed by atoms with E-state index in [2.05, 4.69) is 0 Å². The lowest BCUT2D eigenvalue weighted by Crippen LogP contribution is -2.42. The first-order valence-electron chi connectivity index (χ1n) is 6.88. The average molecular weight is 293 g/mol. The molecule has 2 aliphatic rings. The van der Waals surface area contributed by atoms with Crippen LogP contribution in [0.3, 0.4) is 0 Å². The maximum atomic E-state index is 12.4. The zero-order chi connectivity index (χ0) is 14.3. The van der Waals surface area contributed by atoms with E-state index >= 15 is 0 Å². The van der Waals surface area contributed by atoms with Crippen molar-refractivity contribution >= 4 is 23.4 Å². The molecule has 1 heterocycles. The predicted molar refractivity (Wildman–Crippen MR) is 76.3 cm³/mol. The molecule has 0 radical (unpaired) electrons. The molecule has 3 rings (SSSR count). The number of primary amides is 1. The number of nitrogens with zero attached hydrogens (tertiary/aromatic N) is 1. The van der Waals surface area contributed by atoms with Crippen molar-refractivity contribution in [2.24, 2.45) is 11.1 Å². The van der Waals surface area contributed by atoms with Gasteiger partial charge in [-0.25, -0.2) is 0 Å². The van der Waals surface area contributed by atoms with Gasteiger partial charge in [0.05, 0.1) is 0 Å². The van der Waals surface area contributed by atoms with Gasteiger partial charge in [0.1, 0.15) is 5.41 Å². The molecule has 1 aliphatic carbocycles. The zero-order valence-electron chi connectivity index (χ0n) is 11.1. The first kappa shape index (κ1) is 13.4. The van der Waals surface area contributed by atoms with Crippen molar-refractivity contribution in [3.8, 4) is 0 Å². The highest BCUT2D eigenvalue weighted by Crippen LogP contribution is 2.48. The molecule has 106 valence electrons. The Labute approximate surface area is 122 Å². The molecule has 1 saturated carbocycles. The van der Waals surface area contributed by atoms with Gasteiger partial charge in [-0.2, -0.15) is 0 Å². The van der Waals surface area contributed by atoms with Crippen LogP contribution in [0.4, 0.5) is 0 Å². The normalized spacial score (nSPS) is 23.6. The van der Waals surface area contributed by atoms with Gasteiger partial charge >= 0.3 is 0 Å². The van der Waals surface area contributed by atoms with Crippen LogP contribution in [0, 0.1) is 5.41 Å². The van der Waals surface area contributed by atoms with Crippen molar-refractivity contribution in [2.45, 2.75) is 25.2 Å². The Morgan fingerprint density at radius 2 is 2.10 bits per heavy atom. The van der Waals surface area contributed by atoms with Crippen LogP contribution in [0.15, 0.2) is 24.3 Å². The number of halogens is 1. The number of hydrogen-bond acceptors (Lipinski definition) is 2. The number of benzene rings is 1. The lowest BCUT2D eigenvalue weighted by molar-refractivity contribution is -0.142. The van der Waals surface area contributed by atoms with E-state index in [4.69, 9.17) is 17.3 Å². The first-order valence-corrected chi connectivity index (χ1v) is 7.25. The molecule has 1 saturated heterocycles. The molecule has 1 aliphatic heterocycles. The van der Waals surface area contributed by atoms with Crippen molar-refractivity contribution in [1.82, 2.24) is 4.90 Å². The number of nitrogens with two attached hydrogens (primary N) is 1. The maximum absolute atomic E-state index is 12.4. The Kier molecular flexibility index (Phi) is 3.21. The van der Waals surface area contributed by atoms with Crippen LogP contribution < -0.4 is 5.73 Å². The van der Waals surface area contributed by atoms with Gasteiger partial charge in [-0.1, -0.05) is 23.7 Å². The van der Waals surface area contributed by atoms with Crippen LogP contribution in [0.5, 0.6) is 0 Å². The second-order valence-electron chi connectivity index (χ2n) is 5.74. The molecule has 2 fully saturated rings. The van der Waals surface area contributed by atoms with Gasteiger partial charge < -0.3 is 10.6 Å². The van der Waals surface area contributed by atoms with Gasteiger partial charge in [-0.3, -0.25) is 9.59 Å². The number of hydrogen-bond donors (Lipinski definition) is 1. The van der Waals surface area contributed by atoms with Crippen LogP contribution in [-0.4, -0.2) is 29.8 Å². The number of carbonyl (C=O) groups excluding carboxylic acids is 2. The SMILES string of the molecule is NC(=O)C1(C(=O)N2CC[C@@H](c3cccc(Cl)c3)C2)CC1. The Hall–Kier alpha value is -1.55. The van der Waals surface area contributed by atoms with Crippen molar-refractivity contribution in [1.29, 1.82) is 0 Å². The summed E-state index contributed by atoms with van der Waals surface area (Å²) in [4.78, 5) is 25.6. The van der Waals surface area contributed by atoms with Crippen molar-refractivity contribution < 1.29 is 9.59 Å². The van der Waals surface area contributed by atoms with Crippen LogP contribution >= 0.6 is 11.6 Å². The van der Waals surface area contributed by atoms with E-state index in [0.29, 0.717) is 36.9 Å². The molecule has 2 N–H and O–H groups in total. The van der Waals surface area contributed by atoms with Crippen molar-refractivity contribution in [2.75, 3.05) is 13.1 Å². The number of amides is 2. The fourth-order valence-corrected chi connectivity index (χ4v) is 3.17. The molecule has 0 spiro atoms. The summed E-state index contributed by atoms with van der Waals surface area (Å²) >= 11 is 6.00. The molecule has 0 unspecified atom stereocenters. The summed E-state index contributed by atoms with van der Waals surface area (Å²) < 4.78 is 0. The van der Waals surface area contributed by atoms with Gasteiger partial charge in [0.15, 0.2) is 0 Å². The van der Waals surface area contributed by atoms with E-state index in [1.165, 1.54) is 0 Å². The second kappa shape index (κ2) is 4.77. The summed E-state index contributed by atoms with van der Waals surface area (Å²) in [5, 5.41) is 0.711. The molecule has 1 atom stereocenters. The molecule has 1 aromatic carbocycles. The van der Waals surface area contributed by atoms with Gasteiger partial charge in [-0.05, 0) is 37.0 Å². The standard InChI is InChI=1S/C15H17ClN2O2/c16-12-3-1-2-10(8-12)11-4-7-18(9-11)14(20)15(5-6-15)13(17)19/h1-3,8,11H,4-7,9H2,(H2,17,19)/t11-/m1/s1. The smallest absolute Gasteiger partial charge is 0.238 e. The highest BCUT2D eigenvalue weighted by atomic mass is 35.5. The third-order valence-electron chi connectivity index (χ3n) is 4.43. The van der Waals surface area contributed by atoms with Crippen LogP contribution in [0.2, 0.25) is 5.02 Å². The largest absolute Gasteiger partial charge is 0.369 e. The maximum Gasteiger partial charge on any atom is 0.238 e. The summed E-state index contributed by atoms with van der Waals surface area (Å²) in [7, 11) is 0. The van der Waals surface area contributed by atoms with E-state index in [9.17, 15) is 9.59 Å². The molecule has 0 bridgehead atoms. The average Bonchev–Trinajstić information content (AvgIpc) is 3.09. The highest BCUT2D eigenvalue weighted by Gasteiger charge is 2.57. The van der Waals surface area contributed by atoms with E-state index in [0.717, 1.165) is 12.0 Å². The number of carbonyl (C=O) groups is 2. The number of likely N-dealkylation sites (tertiary alicyclic amines) is 1. The Morgan fingerprint density at radius 3 is 2.70 bits per heavy atom. The lowest BCUT2D eigenvalue weighted by Gasteiger charge is -2.21. The Bertz CT molecular complexity index is 569. The molecular weight excluding hydrogens is 276 g/mol. The van der Waals surface area contributed by atoms with Crippen LogP contribution in [-0.2, 0) is 9.59 Å². The minimum absolute atomic E-state index is 0.0884. The summed E-state index contributed by atoms with van der Waals surface area (Å²) in [6, 6.07) is 7.75. The van der Waals surface area contributed by atoms with E-state index in [1.807, 2.05) is 24.3 Å².